The number of thiazole rings is 1. The van der Waals surface area contributed by atoms with Crippen molar-refractivity contribution in [2.24, 2.45) is 15.9 Å². The maximum absolute atomic E-state index is 13.2. The molecule has 40 heavy (non-hydrogen) atoms. The minimum atomic E-state index is -4.69. The lowest BCUT2D eigenvalue weighted by Crippen LogP contribution is -2.29. The Kier molecular flexibility index (Phi) is 9.64. The van der Waals surface area contributed by atoms with E-state index in [2.05, 4.69) is 36.7 Å². The molecule has 0 spiro atoms. The number of amides is 2. The van der Waals surface area contributed by atoms with E-state index in [0.717, 1.165) is 36.1 Å². The topological polar surface area (TPSA) is 109 Å². The van der Waals surface area contributed by atoms with Crippen LogP contribution in [0.1, 0.15) is 58.9 Å². The summed E-state index contributed by atoms with van der Waals surface area (Å²) in [4.78, 5) is 43.0. The number of rotatable bonds is 6. The molecule has 2 atom stereocenters. The number of carbonyl (C=O) groups excluding carboxylic acids is 2. The Balaban J connectivity index is 1.42. The number of allylic oxidation sites excluding steroid dienone is 4. The van der Waals surface area contributed by atoms with Crippen molar-refractivity contribution >= 4 is 52.5 Å². The molecule has 8 nitrogen and oxygen atoms in total. The molecule has 13 heteroatoms. The van der Waals surface area contributed by atoms with Gasteiger partial charge in [-0.15, -0.1) is 11.3 Å². The van der Waals surface area contributed by atoms with E-state index in [-0.39, 0.29) is 22.5 Å². The maximum Gasteiger partial charge on any atom is 0.418 e. The zero-order chi connectivity index (χ0) is 28.7. The molecule has 0 saturated heterocycles. The van der Waals surface area contributed by atoms with Gasteiger partial charge in [0.2, 0.25) is 5.91 Å². The third-order valence-electron chi connectivity index (χ3n) is 6.14. The van der Waals surface area contributed by atoms with Gasteiger partial charge in [0, 0.05) is 42.4 Å². The summed E-state index contributed by atoms with van der Waals surface area (Å²) in [7, 11) is 0. The minimum absolute atomic E-state index is 0.0894. The van der Waals surface area contributed by atoms with Gasteiger partial charge in [0.25, 0.3) is 5.91 Å². The van der Waals surface area contributed by atoms with Crippen LogP contribution in [0.3, 0.4) is 0 Å². The van der Waals surface area contributed by atoms with Gasteiger partial charge in [0.1, 0.15) is 15.7 Å². The number of pyridine rings is 1. The molecule has 2 aliphatic heterocycles. The molecule has 0 aromatic carbocycles. The highest BCUT2D eigenvalue weighted by atomic mass is 35.5. The van der Waals surface area contributed by atoms with Crippen LogP contribution >= 0.6 is 22.9 Å². The third-order valence-corrected chi connectivity index (χ3v) is 7.62. The lowest BCUT2D eigenvalue weighted by atomic mass is 9.93. The van der Waals surface area contributed by atoms with Crippen LogP contribution in [0, 0.1) is 5.92 Å². The standard InChI is InChI=1S/C27H26ClF3N6O2S/c1-16(26-35-15-22(40-26)25(39)37-23-12-19(27(29,30)31)20(28)14-34-23)36-24(38)17-7-4-6-10-33-21(11-17)18-8-3-2-5-9-32-13-18/h2,5-6,9-12,14-16,18H,3-4,7-8,13H2,1H3,(H,36,38)(H,34,37,39)/b5-2-,10-6-,17-11+,32-9-,33-21+/t16-,18?/m1/s1. The molecule has 2 N–H and O–H groups in total. The molecule has 1 unspecified atom stereocenters. The van der Waals surface area contributed by atoms with Crippen LogP contribution < -0.4 is 10.6 Å². The number of carbonyl (C=O) groups is 2. The molecule has 210 valence electrons. The van der Waals surface area contributed by atoms with Gasteiger partial charge in [-0.05, 0) is 50.8 Å². The summed E-state index contributed by atoms with van der Waals surface area (Å²) in [6.45, 7) is 2.33. The van der Waals surface area contributed by atoms with Gasteiger partial charge < -0.3 is 10.6 Å². The number of aliphatic imine (C=N–C) groups is 2. The van der Waals surface area contributed by atoms with E-state index < -0.39 is 28.7 Å². The van der Waals surface area contributed by atoms with Crippen molar-refractivity contribution in [3.05, 3.63) is 75.0 Å². The quantitative estimate of drug-likeness (QED) is 0.408. The molecular formula is C27H26ClF3N6O2S. The largest absolute Gasteiger partial charge is 0.418 e. The Morgan fingerprint density at radius 1 is 1.15 bits per heavy atom. The monoisotopic (exact) mass is 590 g/mol. The van der Waals surface area contributed by atoms with Crippen molar-refractivity contribution in [3.8, 4) is 0 Å². The average molecular weight is 591 g/mol. The van der Waals surface area contributed by atoms with Crippen LogP contribution in [0.4, 0.5) is 19.0 Å². The van der Waals surface area contributed by atoms with Crippen LogP contribution in [0.5, 0.6) is 0 Å². The first-order valence-corrected chi connectivity index (χ1v) is 13.7. The van der Waals surface area contributed by atoms with E-state index in [1.807, 2.05) is 18.2 Å². The van der Waals surface area contributed by atoms with Gasteiger partial charge in [-0.3, -0.25) is 19.6 Å². The second kappa shape index (κ2) is 13.1. The number of hydrogen-bond acceptors (Lipinski definition) is 7. The second-order valence-electron chi connectivity index (χ2n) is 9.12. The molecule has 0 bridgehead atoms. The van der Waals surface area contributed by atoms with Crippen LogP contribution in [-0.4, -0.2) is 40.3 Å². The number of aromatic nitrogens is 2. The molecule has 0 aliphatic carbocycles. The second-order valence-corrected chi connectivity index (χ2v) is 10.6. The lowest BCUT2D eigenvalue weighted by Gasteiger charge is -2.18. The van der Waals surface area contributed by atoms with Gasteiger partial charge in [0.15, 0.2) is 0 Å². The molecule has 2 aliphatic rings. The molecule has 0 saturated carbocycles. The smallest absolute Gasteiger partial charge is 0.343 e. The predicted molar refractivity (Wildman–Crippen MR) is 150 cm³/mol. The molecule has 2 aromatic heterocycles. The zero-order valence-electron chi connectivity index (χ0n) is 21.4. The first-order valence-electron chi connectivity index (χ1n) is 12.5. The highest BCUT2D eigenvalue weighted by Crippen LogP contribution is 2.35. The Labute approximate surface area is 237 Å². The van der Waals surface area contributed by atoms with Crippen molar-refractivity contribution in [3.63, 3.8) is 0 Å². The van der Waals surface area contributed by atoms with Crippen molar-refractivity contribution < 1.29 is 22.8 Å². The van der Waals surface area contributed by atoms with Crippen molar-refractivity contribution in [1.29, 1.82) is 0 Å². The van der Waals surface area contributed by atoms with E-state index in [0.29, 0.717) is 36.0 Å². The summed E-state index contributed by atoms with van der Waals surface area (Å²) >= 11 is 6.60. The summed E-state index contributed by atoms with van der Waals surface area (Å²) in [5.41, 5.74) is 0.284. The minimum Gasteiger partial charge on any atom is -0.343 e. The molecular weight excluding hydrogens is 565 g/mol. The van der Waals surface area contributed by atoms with E-state index >= 15 is 0 Å². The Bertz CT molecular complexity index is 1410. The summed E-state index contributed by atoms with van der Waals surface area (Å²) in [5, 5.41) is 5.15. The van der Waals surface area contributed by atoms with Crippen LogP contribution in [0.2, 0.25) is 5.02 Å². The van der Waals surface area contributed by atoms with Crippen LogP contribution in [0.25, 0.3) is 0 Å². The third kappa shape index (κ3) is 7.72. The fraction of sp³-hybridized carbons (Fsp3) is 0.333. The average Bonchev–Trinajstić information content (AvgIpc) is 3.36. The number of hydrogen-bond donors (Lipinski definition) is 2. The summed E-state index contributed by atoms with van der Waals surface area (Å²) in [5.74, 6) is -1.16. The molecule has 2 amide bonds. The van der Waals surface area contributed by atoms with E-state index in [1.54, 1.807) is 19.3 Å². The number of halogens is 4. The van der Waals surface area contributed by atoms with Crippen LogP contribution in [-0.2, 0) is 11.0 Å². The van der Waals surface area contributed by atoms with Gasteiger partial charge in [-0.2, -0.15) is 13.2 Å². The molecule has 2 aromatic rings. The first-order chi connectivity index (χ1) is 19.1. The molecule has 4 rings (SSSR count). The predicted octanol–water partition coefficient (Wildman–Crippen LogP) is 6.35. The van der Waals surface area contributed by atoms with E-state index in [4.69, 9.17) is 11.6 Å². The highest BCUT2D eigenvalue weighted by Gasteiger charge is 2.34. The Hall–Kier alpha value is -3.64. The Morgan fingerprint density at radius 2 is 1.98 bits per heavy atom. The fourth-order valence-corrected chi connectivity index (χ4v) is 5.05. The Morgan fingerprint density at radius 3 is 2.77 bits per heavy atom. The highest BCUT2D eigenvalue weighted by molar-refractivity contribution is 7.13. The first kappa shape index (κ1) is 29.3. The maximum atomic E-state index is 13.2. The SMILES string of the molecule is C[C@@H](NC(=O)/C1=C/C(C2CC/C=C\C=N/C2)=N\C=C/CC1)c1ncc(C(=O)Nc2cc(C(F)(F)F)c(Cl)cn2)s1. The fourth-order valence-electron chi connectivity index (χ4n) is 4.02. The molecule has 4 heterocycles. The zero-order valence-corrected chi connectivity index (χ0v) is 23.0. The number of alkyl halides is 3. The summed E-state index contributed by atoms with van der Waals surface area (Å²) < 4.78 is 39.4. The molecule has 0 fully saturated rings. The number of nitrogens with zero attached hydrogens (tertiary/aromatic N) is 4. The van der Waals surface area contributed by atoms with Crippen molar-refractivity contribution in [2.45, 2.75) is 44.8 Å². The van der Waals surface area contributed by atoms with Crippen molar-refractivity contribution in [2.75, 3.05) is 11.9 Å². The number of nitrogens with one attached hydrogen (secondary N) is 2. The van der Waals surface area contributed by atoms with Crippen LogP contribution in [0.15, 0.2) is 64.5 Å². The van der Waals surface area contributed by atoms with Gasteiger partial charge in [0.05, 0.1) is 22.8 Å². The summed E-state index contributed by atoms with van der Waals surface area (Å²) in [6, 6.07) is 0.142. The lowest BCUT2D eigenvalue weighted by molar-refractivity contribution is -0.137. The normalized spacial score (nSPS) is 23.5. The van der Waals surface area contributed by atoms with Gasteiger partial charge >= 0.3 is 6.18 Å². The van der Waals surface area contributed by atoms with E-state index in [1.165, 1.54) is 6.20 Å². The van der Waals surface area contributed by atoms with Crippen molar-refractivity contribution in [1.82, 2.24) is 15.3 Å². The van der Waals surface area contributed by atoms with Gasteiger partial charge in [-0.1, -0.05) is 23.8 Å². The molecule has 0 radical (unpaired) electrons. The number of anilines is 1. The van der Waals surface area contributed by atoms with E-state index in [9.17, 15) is 22.8 Å². The van der Waals surface area contributed by atoms with Gasteiger partial charge in [-0.25, -0.2) is 9.97 Å². The summed E-state index contributed by atoms with van der Waals surface area (Å²) in [6.07, 6.45) is 11.7.